The van der Waals surface area contributed by atoms with Gasteiger partial charge in [-0.25, -0.2) is 0 Å². The molecule has 0 aromatic rings. The standard InChI is InChI=1S/C7H17NO3S/c1-6(2)8-7(9)4-5-12(3,10)11/h6,10-11H,4-5H2,1-3H3,(H,8,9). The fraction of sp³-hybridized carbons (Fsp3) is 0.857. The van der Waals surface area contributed by atoms with E-state index in [0.29, 0.717) is 0 Å². The van der Waals surface area contributed by atoms with Crippen LogP contribution in [0.25, 0.3) is 0 Å². The van der Waals surface area contributed by atoms with Crippen molar-refractivity contribution in [1.29, 1.82) is 0 Å². The maximum Gasteiger partial charge on any atom is 0.221 e. The van der Waals surface area contributed by atoms with E-state index in [1.54, 1.807) is 0 Å². The quantitative estimate of drug-likeness (QED) is 0.633. The molecule has 0 aromatic carbocycles. The number of nitrogens with one attached hydrogen (secondary N) is 1. The van der Waals surface area contributed by atoms with Gasteiger partial charge < -0.3 is 5.32 Å². The van der Waals surface area contributed by atoms with Gasteiger partial charge in [0.15, 0.2) is 0 Å². The van der Waals surface area contributed by atoms with E-state index in [9.17, 15) is 4.79 Å². The molecular formula is C7H17NO3S. The van der Waals surface area contributed by atoms with Crippen LogP contribution in [0.3, 0.4) is 0 Å². The van der Waals surface area contributed by atoms with Crippen LogP contribution in [0.15, 0.2) is 0 Å². The van der Waals surface area contributed by atoms with Crippen LogP contribution >= 0.6 is 10.6 Å². The van der Waals surface area contributed by atoms with Gasteiger partial charge in [0, 0.05) is 24.5 Å². The van der Waals surface area contributed by atoms with Crippen LogP contribution in [0, 0.1) is 0 Å². The third-order valence-corrected chi connectivity index (χ3v) is 2.14. The van der Waals surface area contributed by atoms with E-state index in [0.717, 1.165) is 0 Å². The van der Waals surface area contributed by atoms with Gasteiger partial charge in [-0.2, -0.15) is 10.6 Å². The van der Waals surface area contributed by atoms with Crippen LogP contribution < -0.4 is 5.32 Å². The molecule has 0 spiro atoms. The van der Waals surface area contributed by atoms with Crippen molar-refractivity contribution >= 4 is 16.5 Å². The molecule has 0 saturated carbocycles. The second-order valence-corrected chi connectivity index (χ2v) is 5.57. The van der Waals surface area contributed by atoms with Gasteiger partial charge in [-0.1, -0.05) is 0 Å². The predicted octanol–water partition coefficient (Wildman–Crippen LogP) is 1.28. The number of carbonyl (C=O) groups is 1. The molecule has 0 bridgehead atoms. The van der Waals surface area contributed by atoms with E-state index < -0.39 is 10.6 Å². The Hall–Kier alpha value is -0.260. The van der Waals surface area contributed by atoms with E-state index in [-0.39, 0.29) is 24.1 Å². The lowest BCUT2D eigenvalue weighted by Gasteiger charge is -2.26. The highest BCUT2D eigenvalue weighted by atomic mass is 32.3. The summed E-state index contributed by atoms with van der Waals surface area (Å²) >= 11 is 0. The zero-order valence-corrected chi connectivity index (χ0v) is 8.52. The highest BCUT2D eigenvalue weighted by Crippen LogP contribution is 2.33. The molecule has 0 unspecified atom stereocenters. The highest BCUT2D eigenvalue weighted by Gasteiger charge is 2.08. The molecule has 0 aliphatic heterocycles. The molecule has 12 heavy (non-hydrogen) atoms. The minimum atomic E-state index is -2.52. The molecule has 4 nitrogen and oxygen atoms in total. The monoisotopic (exact) mass is 195 g/mol. The van der Waals surface area contributed by atoms with Gasteiger partial charge in [0.05, 0.1) is 0 Å². The van der Waals surface area contributed by atoms with Crippen molar-refractivity contribution in [2.75, 3.05) is 12.0 Å². The topological polar surface area (TPSA) is 69.6 Å². The van der Waals surface area contributed by atoms with Gasteiger partial charge in [-0.15, -0.1) is 0 Å². The summed E-state index contributed by atoms with van der Waals surface area (Å²) in [4.78, 5) is 11.0. The van der Waals surface area contributed by atoms with Crippen molar-refractivity contribution in [2.24, 2.45) is 0 Å². The molecule has 0 atom stereocenters. The molecule has 0 aliphatic rings. The summed E-state index contributed by atoms with van der Waals surface area (Å²) in [6, 6.07) is 0.108. The van der Waals surface area contributed by atoms with Gasteiger partial charge in [0.2, 0.25) is 5.91 Å². The van der Waals surface area contributed by atoms with Crippen LogP contribution in [-0.4, -0.2) is 33.1 Å². The van der Waals surface area contributed by atoms with Crippen LogP contribution in [0.2, 0.25) is 0 Å². The van der Waals surface area contributed by atoms with Crippen LogP contribution in [0.1, 0.15) is 20.3 Å². The first kappa shape index (κ1) is 11.7. The molecule has 0 fully saturated rings. The lowest BCUT2D eigenvalue weighted by atomic mass is 10.3. The van der Waals surface area contributed by atoms with Crippen LogP contribution in [-0.2, 0) is 4.79 Å². The van der Waals surface area contributed by atoms with Crippen LogP contribution in [0.4, 0.5) is 0 Å². The summed E-state index contributed by atoms with van der Waals surface area (Å²) in [5, 5.41) is 2.67. The number of hydrogen-bond donors (Lipinski definition) is 3. The van der Waals surface area contributed by atoms with Gasteiger partial charge in [0.1, 0.15) is 0 Å². The van der Waals surface area contributed by atoms with Crippen molar-refractivity contribution in [1.82, 2.24) is 5.32 Å². The van der Waals surface area contributed by atoms with Crippen molar-refractivity contribution in [3.8, 4) is 0 Å². The molecule has 0 aromatic heterocycles. The minimum absolute atomic E-state index is 0.108. The average Bonchev–Trinajstić information content (AvgIpc) is 1.80. The van der Waals surface area contributed by atoms with E-state index >= 15 is 0 Å². The first-order valence-electron chi connectivity index (χ1n) is 3.81. The van der Waals surface area contributed by atoms with Gasteiger partial charge in [-0.3, -0.25) is 13.9 Å². The Bertz CT molecular complexity index is 153. The summed E-state index contributed by atoms with van der Waals surface area (Å²) in [6.07, 6.45) is 1.52. The lowest BCUT2D eigenvalue weighted by molar-refractivity contribution is -0.121. The Balaban J connectivity index is 3.58. The van der Waals surface area contributed by atoms with Crippen molar-refractivity contribution < 1.29 is 13.9 Å². The number of carbonyl (C=O) groups excluding carboxylic acids is 1. The largest absolute Gasteiger partial charge is 0.354 e. The fourth-order valence-electron chi connectivity index (χ4n) is 0.680. The Morgan fingerprint density at radius 1 is 1.50 bits per heavy atom. The van der Waals surface area contributed by atoms with E-state index in [1.807, 2.05) is 13.8 Å². The number of amides is 1. The summed E-state index contributed by atoms with van der Waals surface area (Å²) < 4.78 is 17.9. The Kier molecular flexibility index (Phi) is 4.59. The predicted molar refractivity (Wildman–Crippen MR) is 51.5 cm³/mol. The first-order chi connectivity index (χ1) is 5.31. The minimum Gasteiger partial charge on any atom is -0.354 e. The van der Waals surface area contributed by atoms with Gasteiger partial charge >= 0.3 is 0 Å². The Morgan fingerprint density at radius 3 is 2.33 bits per heavy atom. The summed E-state index contributed by atoms with van der Waals surface area (Å²) in [5.74, 6) is 0.0118. The smallest absolute Gasteiger partial charge is 0.221 e. The van der Waals surface area contributed by atoms with Crippen molar-refractivity contribution in [2.45, 2.75) is 26.3 Å². The summed E-state index contributed by atoms with van der Waals surface area (Å²) in [5.41, 5.74) is 0. The average molecular weight is 195 g/mol. The molecule has 3 N–H and O–H groups in total. The molecule has 0 aliphatic carbocycles. The molecule has 74 valence electrons. The third-order valence-electron chi connectivity index (χ3n) is 1.17. The first-order valence-corrected chi connectivity index (χ1v) is 5.94. The fourth-order valence-corrected chi connectivity index (χ4v) is 1.25. The highest BCUT2D eigenvalue weighted by molar-refractivity contribution is 8.23. The van der Waals surface area contributed by atoms with Crippen molar-refractivity contribution in [3.05, 3.63) is 0 Å². The van der Waals surface area contributed by atoms with Crippen molar-refractivity contribution in [3.63, 3.8) is 0 Å². The molecular weight excluding hydrogens is 178 g/mol. The molecule has 0 radical (unpaired) electrons. The molecule has 5 heteroatoms. The Labute approximate surface area is 74.7 Å². The maximum atomic E-state index is 11.0. The van der Waals surface area contributed by atoms with E-state index in [4.69, 9.17) is 9.11 Å². The number of rotatable bonds is 4. The van der Waals surface area contributed by atoms with Crippen LogP contribution in [0.5, 0.6) is 0 Å². The summed E-state index contributed by atoms with van der Waals surface area (Å²) in [7, 11) is -2.52. The third kappa shape index (κ3) is 7.84. The normalized spacial score (nSPS) is 13.2. The second kappa shape index (κ2) is 4.69. The Morgan fingerprint density at radius 2 is 2.00 bits per heavy atom. The van der Waals surface area contributed by atoms with E-state index in [1.165, 1.54) is 6.26 Å². The molecule has 0 heterocycles. The maximum absolute atomic E-state index is 11.0. The lowest BCUT2D eigenvalue weighted by Crippen LogP contribution is -2.30. The van der Waals surface area contributed by atoms with Gasteiger partial charge in [0.25, 0.3) is 0 Å². The van der Waals surface area contributed by atoms with Gasteiger partial charge in [-0.05, 0) is 13.8 Å². The second-order valence-electron chi connectivity index (χ2n) is 3.17. The zero-order valence-electron chi connectivity index (χ0n) is 7.70. The summed E-state index contributed by atoms with van der Waals surface area (Å²) in [6.45, 7) is 3.73. The molecule has 0 rings (SSSR count). The zero-order chi connectivity index (χ0) is 9.78. The molecule has 0 saturated heterocycles. The SMILES string of the molecule is CC(C)NC(=O)CCS(C)(O)O. The molecule has 1 amide bonds. The van der Waals surface area contributed by atoms with E-state index in [2.05, 4.69) is 5.32 Å². The number of hydrogen-bond acceptors (Lipinski definition) is 3.